The van der Waals surface area contributed by atoms with Crippen molar-refractivity contribution in [3.8, 4) is 0 Å². The van der Waals surface area contributed by atoms with Crippen LogP contribution < -0.4 is 5.32 Å². The van der Waals surface area contributed by atoms with Crippen molar-refractivity contribution in [2.24, 2.45) is 5.92 Å². The van der Waals surface area contributed by atoms with Crippen LogP contribution in [0.15, 0.2) is 24.3 Å². The van der Waals surface area contributed by atoms with Gasteiger partial charge in [0.2, 0.25) is 0 Å². The Kier molecular flexibility index (Phi) is 6.40. The summed E-state index contributed by atoms with van der Waals surface area (Å²) in [4.78, 5) is 14.7. The van der Waals surface area contributed by atoms with Crippen LogP contribution >= 0.6 is 0 Å². The Morgan fingerprint density at radius 3 is 2.41 bits per heavy atom. The minimum atomic E-state index is 0.0153. The lowest BCUT2D eigenvalue weighted by atomic mass is 10.0. The van der Waals surface area contributed by atoms with Gasteiger partial charge in [0.05, 0.1) is 13.2 Å². The maximum absolute atomic E-state index is 12.3. The number of hydrogen-bond donors (Lipinski definition) is 1. The smallest absolute Gasteiger partial charge is 0.251 e. The maximum atomic E-state index is 12.3. The first-order valence-corrected chi connectivity index (χ1v) is 8.30. The van der Waals surface area contributed by atoms with Crippen LogP contribution in [0.5, 0.6) is 0 Å². The summed E-state index contributed by atoms with van der Waals surface area (Å²) in [6.07, 6.45) is 0.994. The van der Waals surface area contributed by atoms with Crippen molar-refractivity contribution in [2.75, 3.05) is 32.8 Å². The maximum Gasteiger partial charge on any atom is 0.251 e. The highest BCUT2D eigenvalue weighted by Gasteiger charge is 2.24. The molecule has 0 aliphatic carbocycles. The highest BCUT2D eigenvalue weighted by atomic mass is 16.5. The van der Waals surface area contributed by atoms with Crippen LogP contribution in [-0.2, 0) is 11.2 Å². The van der Waals surface area contributed by atoms with Gasteiger partial charge in [-0.3, -0.25) is 9.69 Å². The molecule has 1 atom stereocenters. The second-order valence-electron chi connectivity index (χ2n) is 6.22. The lowest BCUT2D eigenvalue weighted by Crippen LogP contribution is -2.51. The molecule has 1 aliphatic heterocycles. The molecule has 4 heteroatoms. The molecule has 1 unspecified atom stereocenters. The van der Waals surface area contributed by atoms with E-state index >= 15 is 0 Å². The number of ether oxygens (including phenoxy) is 1. The fourth-order valence-electron chi connectivity index (χ4n) is 2.89. The summed E-state index contributed by atoms with van der Waals surface area (Å²) in [5, 5.41) is 3.09. The van der Waals surface area contributed by atoms with Crippen LogP contribution in [0.1, 0.15) is 36.7 Å². The molecule has 1 amide bonds. The molecule has 1 heterocycles. The number of amides is 1. The van der Waals surface area contributed by atoms with Crippen molar-refractivity contribution in [1.29, 1.82) is 0 Å². The van der Waals surface area contributed by atoms with E-state index in [0.29, 0.717) is 18.5 Å². The first kappa shape index (κ1) is 17.0. The van der Waals surface area contributed by atoms with Gasteiger partial charge in [-0.2, -0.15) is 0 Å². The molecular weight excluding hydrogens is 276 g/mol. The molecule has 4 nitrogen and oxygen atoms in total. The van der Waals surface area contributed by atoms with Gasteiger partial charge < -0.3 is 10.1 Å². The molecule has 1 aromatic rings. The summed E-state index contributed by atoms with van der Waals surface area (Å²) in [6, 6.07) is 8.23. The van der Waals surface area contributed by atoms with Gasteiger partial charge in [0.25, 0.3) is 5.91 Å². The SMILES string of the molecule is CCc1ccc(C(=O)NCC(C(C)C)N2CCOCC2)cc1. The Balaban J connectivity index is 1.91. The standard InChI is InChI=1S/C18H28N2O2/c1-4-15-5-7-16(8-6-15)18(21)19-13-17(14(2)3)20-9-11-22-12-10-20/h5-8,14,17H,4,9-13H2,1-3H3,(H,19,21). The number of hydrogen-bond acceptors (Lipinski definition) is 3. The fourth-order valence-corrected chi connectivity index (χ4v) is 2.89. The first-order valence-electron chi connectivity index (χ1n) is 8.30. The van der Waals surface area contributed by atoms with E-state index in [1.54, 1.807) is 0 Å². The molecule has 22 heavy (non-hydrogen) atoms. The summed E-state index contributed by atoms with van der Waals surface area (Å²) < 4.78 is 5.42. The van der Waals surface area contributed by atoms with Crippen molar-refractivity contribution < 1.29 is 9.53 Å². The fraction of sp³-hybridized carbons (Fsp3) is 0.611. The summed E-state index contributed by atoms with van der Waals surface area (Å²) in [6.45, 7) is 10.7. The number of carbonyl (C=O) groups is 1. The molecule has 1 fully saturated rings. The third kappa shape index (κ3) is 4.55. The molecule has 0 radical (unpaired) electrons. The molecule has 0 saturated carbocycles. The molecule has 1 aliphatic rings. The van der Waals surface area contributed by atoms with Crippen molar-refractivity contribution >= 4 is 5.91 Å². The van der Waals surface area contributed by atoms with E-state index in [-0.39, 0.29) is 5.91 Å². The highest BCUT2D eigenvalue weighted by molar-refractivity contribution is 5.94. The van der Waals surface area contributed by atoms with E-state index in [1.807, 2.05) is 24.3 Å². The number of nitrogens with one attached hydrogen (secondary N) is 1. The normalized spacial score (nSPS) is 17.5. The Morgan fingerprint density at radius 1 is 1.23 bits per heavy atom. The number of nitrogens with zero attached hydrogens (tertiary/aromatic N) is 1. The molecular formula is C18H28N2O2. The summed E-state index contributed by atoms with van der Waals surface area (Å²) in [5.74, 6) is 0.516. The van der Waals surface area contributed by atoms with E-state index < -0.39 is 0 Å². The molecule has 1 saturated heterocycles. The quantitative estimate of drug-likeness (QED) is 0.877. The van der Waals surface area contributed by atoms with Gasteiger partial charge in [-0.15, -0.1) is 0 Å². The molecule has 0 aromatic heterocycles. The molecule has 1 aromatic carbocycles. The molecule has 122 valence electrons. The van der Waals surface area contributed by atoms with Crippen LogP contribution in [0.2, 0.25) is 0 Å². The lowest BCUT2D eigenvalue weighted by molar-refractivity contribution is 0.00673. The van der Waals surface area contributed by atoms with Gasteiger partial charge in [-0.1, -0.05) is 32.9 Å². The van der Waals surface area contributed by atoms with Gasteiger partial charge in [0.15, 0.2) is 0 Å². The predicted molar refractivity (Wildman–Crippen MR) is 89.2 cm³/mol. The Morgan fingerprint density at radius 2 is 1.86 bits per heavy atom. The van der Waals surface area contributed by atoms with Gasteiger partial charge in [-0.25, -0.2) is 0 Å². The third-order valence-corrected chi connectivity index (χ3v) is 4.38. The number of aryl methyl sites for hydroxylation is 1. The van der Waals surface area contributed by atoms with Crippen molar-refractivity contribution in [2.45, 2.75) is 33.2 Å². The Bertz CT molecular complexity index is 464. The summed E-state index contributed by atoms with van der Waals surface area (Å²) in [5.41, 5.74) is 1.99. The van der Waals surface area contributed by atoms with Crippen LogP contribution in [0.25, 0.3) is 0 Å². The van der Waals surface area contributed by atoms with Crippen molar-refractivity contribution in [1.82, 2.24) is 10.2 Å². The van der Waals surface area contributed by atoms with Crippen LogP contribution in [0, 0.1) is 5.92 Å². The highest BCUT2D eigenvalue weighted by Crippen LogP contribution is 2.13. The number of rotatable bonds is 6. The Hall–Kier alpha value is -1.39. The molecule has 1 N–H and O–H groups in total. The Labute approximate surface area is 133 Å². The van der Waals surface area contributed by atoms with Gasteiger partial charge in [-0.05, 0) is 30.0 Å². The zero-order chi connectivity index (χ0) is 15.9. The summed E-state index contributed by atoms with van der Waals surface area (Å²) >= 11 is 0. The van der Waals surface area contributed by atoms with E-state index in [2.05, 4.69) is 31.0 Å². The first-order chi connectivity index (χ1) is 10.6. The molecule has 0 spiro atoms. The monoisotopic (exact) mass is 304 g/mol. The number of morpholine rings is 1. The third-order valence-electron chi connectivity index (χ3n) is 4.38. The second-order valence-corrected chi connectivity index (χ2v) is 6.22. The average Bonchev–Trinajstić information content (AvgIpc) is 2.55. The average molecular weight is 304 g/mol. The van der Waals surface area contributed by atoms with Crippen LogP contribution in [0.3, 0.4) is 0 Å². The second kappa shape index (κ2) is 8.30. The minimum Gasteiger partial charge on any atom is -0.379 e. The van der Waals surface area contributed by atoms with Crippen LogP contribution in [0.4, 0.5) is 0 Å². The van der Waals surface area contributed by atoms with Gasteiger partial charge >= 0.3 is 0 Å². The predicted octanol–water partition coefficient (Wildman–Crippen LogP) is 2.34. The zero-order valence-electron chi connectivity index (χ0n) is 14.0. The van der Waals surface area contributed by atoms with Gasteiger partial charge in [0, 0.05) is 31.2 Å². The van der Waals surface area contributed by atoms with E-state index in [9.17, 15) is 4.79 Å². The van der Waals surface area contributed by atoms with E-state index in [1.165, 1.54) is 5.56 Å². The van der Waals surface area contributed by atoms with Crippen molar-refractivity contribution in [3.05, 3.63) is 35.4 Å². The topological polar surface area (TPSA) is 41.6 Å². The minimum absolute atomic E-state index is 0.0153. The van der Waals surface area contributed by atoms with Crippen molar-refractivity contribution in [3.63, 3.8) is 0 Å². The largest absolute Gasteiger partial charge is 0.379 e. The molecule has 2 rings (SSSR count). The van der Waals surface area contributed by atoms with E-state index in [0.717, 1.165) is 38.3 Å². The van der Waals surface area contributed by atoms with E-state index in [4.69, 9.17) is 4.74 Å². The zero-order valence-corrected chi connectivity index (χ0v) is 14.0. The summed E-state index contributed by atoms with van der Waals surface area (Å²) in [7, 11) is 0. The van der Waals surface area contributed by atoms with Gasteiger partial charge in [0.1, 0.15) is 0 Å². The lowest BCUT2D eigenvalue weighted by Gasteiger charge is -2.36. The number of benzene rings is 1. The van der Waals surface area contributed by atoms with Crippen LogP contribution in [-0.4, -0.2) is 49.7 Å². The number of carbonyl (C=O) groups excluding carboxylic acids is 1. The molecule has 0 bridgehead atoms.